The van der Waals surface area contributed by atoms with E-state index in [-0.39, 0.29) is 24.3 Å². The van der Waals surface area contributed by atoms with Crippen molar-refractivity contribution >= 4 is 21.7 Å². The molecule has 0 N–H and O–H groups in total. The predicted octanol–water partition coefficient (Wildman–Crippen LogP) is -0.461. The van der Waals surface area contributed by atoms with Crippen LogP contribution in [0.25, 0.3) is 5.78 Å². The standard InChI is InChI=1S/C13H18N6O3S/c1-9-4-5-14-13-15-11(16-19(9)13)12(20)17-6-7-18(10(2)8-17)23(3,21)22/h4-5,10H,6-8H2,1-3H3/t10-/m0/s1. The first-order valence-electron chi connectivity index (χ1n) is 7.22. The van der Waals surface area contributed by atoms with Gasteiger partial charge in [-0.25, -0.2) is 17.9 Å². The lowest BCUT2D eigenvalue weighted by molar-refractivity contribution is 0.0631. The number of sulfonamides is 1. The van der Waals surface area contributed by atoms with E-state index in [9.17, 15) is 13.2 Å². The molecule has 0 saturated carbocycles. The van der Waals surface area contributed by atoms with Gasteiger partial charge in [0.1, 0.15) is 0 Å². The van der Waals surface area contributed by atoms with Gasteiger partial charge in [-0.2, -0.15) is 9.29 Å². The maximum absolute atomic E-state index is 12.6. The van der Waals surface area contributed by atoms with Crippen molar-refractivity contribution < 1.29 is 13.2 Å². The summed E-state index contributed by atoms with van der Waals surface area (Å²) in [6.07, 6.45) is 2.79. The molecule has 2 aromatic rings. The van der Waals surface area contributed by atoms with Crippen molar-refractivity contribution in [3.63, 3.8) is 0 Å². The van der Waals surface area contributed by atoms with Crippen LogP contribution >= 0.6 is 0 Å². The van der Waals surface area contributed by atoms with Crippen molar-refractivity contribution in [1.29, 1.82) is 0 Å². The van der Waals surface area contributed by atoms with Crippen molar-refractivity contribution in [3.05, 3.63) is 23.8 Å². The summed E-state index contributed by atoms with van der Waals surface area (Å²) in [7, 11) is -3.26. The molecule has 1 aliphatic rings. The van der Waals surface area contributed by atoms with Crippen LogP contribution in [-0.4, -0.2) is 75.0 Å². The summed E-state index contributed by atoms with van der Waals surface area (Å²) >= 11 is 0. The fourth-order valence-electron chi connectivity index (χ4n) is 2.76. The molecule has 1 amide bonds. The maximum Gasteiger partial charge on any atom is 0.293 e. The Morgan fingerprint density at radius 2 is 2.09 bits per heavy atom. The molecule has 0 aromatic carbocycles. The molecule has 1 atom stereocenters. The minimum atomic E-state index is -3.26. The highest BCUT2D eigenvalue weighted by atomic mass is 32.2. The van der Waals surface area contributed by atoms with Gasteiger partial charge in [-0.3, -0.25) is 4.79 Å². The normalized spacial score (nSPS) is 20.1. The zero-order valence-electron chi connectivity index (χ0n) is 13.2. The van der Waals surface area contributed by atoms with E-state index in [1.807, 2.05) is 6.92 Å². The molecule has 0 unspecified atom stereocenters. The third-order valence-electron chi connectivity index (χ3n) is 3.90. The van der Waals surface area contributed by atoms with Crippen molar-refractivity contribution in [2.45, 2.75) is 19.9 Å². The number of hydrogen-bond donors (Lipinski definition) is 0. The van der Waals surface area contributed by atoms with Crippen LogP contribution < -0.4 is 0 Å². The highest BCUT2D eigenvalue weighted by Gasteiger charge is 2.33. The minimum absolute atomic E-state index is 0.0757. The van der Waals surface area contributed by atoms with E-state index in [4.69, 9.17) is 0 Å². The van der Waals surface area contributed by atoms with Gasteiger partial charge in [0.25, 0.3) is 11.7 Å². The van der Waals surface area contributed by atoms with Crippen LogP contribution in [0, 0.1) is 6.92 Å². The Bertz CT molecular complexity index is 862. The number of carbonyl (C=O) groups is 1. The Morgan fingerprint density at radius 1 is 1.35 bits per heavy atom. The Hall–Kier alpha value is -2.07. The van der Waals surface area contributed by atoms with Crippen LogP contribution in [0.5, 0.6) is 0 Å². The molecule has 3 rings (SSSR count). The van der Waals surface area contributed by atoms with E-state index in [0.29, 0.717) is 18.9 Å². The number of carbonyl (C=O) groups excluding carboxylic acids is 1. The molecule has 0 bridgehead atoms. The zero-order valence-corrected chi connectivity index (χ0v) is 14.0. The van der Waals surface area contributed by atoms with Crippen molar-refractivity contribution in [1.82, 2.24) is 28.8 Å². The van der Waals surface area contributed by atoms with Gasteiger partial charge >= 0.3 is 0 Å². The van der Waals surface area contributed by atoms with Crippen LogP contribution in [0.1, 0.15) is 23.2 Å². The number of rotatable bonds is 2. The molecule has 1 aliphatic heterocycles. The summed E-state index contributed by atoms with van der Waals surface area (Å²) in [5.41, 5.74) is 0.830. The summed E-state index contributed by atoms with van der Waals surface area (Å²) in [5, 5.41) is 4.20. The number of hydrogen-bond acceptors (Lipinski definition) is 6. The van der Waals surface area contributed by atoms with Crippen LogP contribution in [0.4, 0.5) is 0 Å². The largest absolute Gasteiger partial charge is 0.333 e. The fourth-order valence-corrected chi connectivity index (χ4v) is 3.89. The molecule has 124 valence electrons. The second kappa shape index (κ2) is 5.53. The molecule has 1 saturated heterocycles. The fraction of sp³-hybridized carbons (Fsp3) is 0.538. The number of piperazine rings is 1. The van der Waals surface area contributed by atoms with E-state index >= 15 is 0 Å². The second-order valence-electron chi connectivity index (χ2n) is 5.71. The van der Waals surface area contributed by atoms with Crippen molar-refractivity contribution in [2.24, 2.45) is 0 Å². The SMILES string of the molecule is Cc1ccnc2nc(C(=O)N3CCN(S(C)(=O)=O)[C@@H](C)C3)nn12. The third kappa shape index (κ3) is 2.91. The number of aryl methyl sites for hydroxylation is 1. The van der Waals surface area contributed by atoms with Crippen molar-refractivity contribution in [3.8, 4) is 0 Å². The van der Waals surface area contributed by atoms with Gasteiger partial charge in [0.15, 0.2) is 0 Å². The molecular weight excluding hydrogens is 320 g/mol. The molecule has 0 aliphatic carbocycles. The van der Waals surface area contributed by atoms with Gasteiger partial charge in [0, 0.05) is 37.6 Å². The summed E-state index contributed by atoms with van der Waals surface area (Å²) in [6.45, 7) is 4.54. The van der Waals surface area contributed by atoms with Gasteiger partial charge < -0.3 is 4.90 Å². The Labute approximate surface area is 134 Å². The Kier molecular flexibility index (Phi) is 3.80. The molecule has 10 heteroatoms. The van der Waals surface area contributed by atoms with Crippen LogP contribution in [0.2, 0.25) is 0 Å². The van der Waals surface area contributed by atoms with Gasteiger partial charge in [0.05, 0.1) is 6.26 Å². The second-order valence-corrected chi connectivity index (χ2v) is 7.64. The third-order valence-corrected chi connectivity index (χ3v) is 5.30. The smallest absolute Gasteiger partial charge is 0.293 e. The zero-order chi connectivity index (χ0) is 16.8. The lowest BCUT2D eigenvalue weighted by Crippen LogP contribution is -2.55. The van der Waals surface area contributed by atoms with Crippen LogP contribution in [0.15, 0.2) is 12.3 Å². The molecular formula is C13H18N6O3S. The predicted molar refractivity (Wildman–Crippen MR) is 82.4 cm³/mol. The summed E-state index contributed by atoms with van der Waals surface area (Å²) in [4.78, 5) is 22.4. The van der Waals surface area contributed by atoms with Crippen LogP contribution in [-0.2, 0) is 10.0 Å². The average Bonchev–Trinajstić information content (AvgIpc) is 2.90. The number of nitrogens with zero attached hydrogens (tertiary/aromatic N) is 6. The van der Waals surface area contributed by atoms with Crippen LogP contribution in [0.3, 0.4) is 0 Å². The summed E-state index contributed by atoms with van der Waals surface area (Å²) in [5.74, 6) is 0.137. The topological polar surface area (TPSA) is 101 Å². The molecule has 1 fully saturated rings. The average molecular weight is 338 g/mol. The van der Waals surface area contributed by atoms with Crippen molar-refractivity contribution in [2.75, 3.05) is 25.9 Å². The molecule has 3 heterocycles. The highest BCUT2D eigenvalue weighted by molar-refractivity contribution is 7.88. The van der Waals surface area contributed by atoms with E-state index in [1.165, 1.54) is 15.1 Å². The van der Waals surface area contributed by atoms with Gasteiger partial charge in [-0.05, 0) is 19.9 Å². The molecule has 2 aromatic heterocycles. The quantitative estimate of drug-likeness (QED) is 0.734. The maximum atomic E-state index is 12.6. The first-order valence-corrected chi connectivity index (χ1v) is 9.06. The lowest BCUT2D eigenvalue weighted by Gasteiger charge is -2.37. The summed E-state index contributed by atoms with van der Waals surface area (Å²) in [6, 6.07) is 1.50. The molecule has 0 radical (unpaired) electrons. The van der Waals surface area contributed by atoms with Gasteiger partial charge in [-0.15, -0.1) is 5.10 Å². The first kappa shape index (κ1) is 15.8. The monoisotopic (exact) mass is 338 g/mol. The van der Waals surface area contributed by atoms with E-state index in [1.54, 1.807) is 24.1 Å². The first-order chi connectivity index (χ1) is 10.8. The Balaban J connectivity index is 1.82. The van der Waals surface area contributed by atoms with E-state index in [2.05, 4.69) is 15.1 Å². The molecule has 23 heavy (non-hydrogen) atoms. The molecule has 0 spiro atoms. The Morgan fingerprint density at radius 3 is 2.70 bits per heavy atom. The number of aromatic nitrogens is 4. The van der Waals surface area contributed by atoms with E-state index < -0.39 is 10.0 Å². The van der Waals surface area contributed by atoms with Gasteiger partial charge in [0.2, 0.25) is 15.8 Å². The number of amides is 1. The van der Waals surface area contributed by atoms with Gasteiger partial charge in [-0.1, -0.05) is 0 Å². The molecule has 9 nitrogen and oxygen atoms in total. The van der Waals surface area contributed by atoms with E-state index in [0.717, 1.165) is 5.69 Å². The highest BCUT2D eigenvalue weighted by Crippen LogP contribution is 2.15. The summed E-state index contributed by atoms with van der Waals surface area (Å²) < 4.78 is 26.3. The lowest BCUT2D eigenvalue weighted by atomic mass is 10.2. The number of fused-ring (bicyclic) bond motifs is 1. The minimum Gasteiger partial charge on any atom is -0.333 e.